The van der Waals surface area contributed by atoms with Gasteiger partial charge < -0.3 is 14.8 Å². The summed E-state index contributed by atoms with van der Waals surface area (Å²) in [6.45, 7) is 1.82. The lowest BCUT2D eigenvalue weighted by molar-refractivity contribution is -0.151. The van der Waals surface area contributed by atoms with Gasteiger partial charge in [-0.1, -0.05) is 5.59 Å². The molecular formula is C9H21N3O3. The number of unbranched alkanes of at least 4 members (excludes halogenated alkanes) is 2. The number of hydrazine groups is 1. The summed E-state index contributed by atoms with van der Waals surface area (Å²) >= 11 is 0. The summed E-state index contributed by atoms with van der Waals surface area (Å²) in [7, 11) is 1.95. The third-order valence-electron chi connectivity index (χ3n) is 2.07. The summed E-state index contributed by atoms with van der Waals surface area (Å²) in [6, 6.07) is 0. The summed E-state index contributed by atoms with van der Waals surface area (Å²) in [5.74, 6) is 4.46. The van der Waals surface area contributed by atoms with E-state index in [4.69, 9.17) is 10.9 Å². The Morgan fingerprint density at radius 3 is 2.73 bits per heavy atom. The Morgan fingerprint density at radius 2 is 2.13 bits per heavy atom. The van der Waals surface area contributed by atoms with Crippen LogP contribution in [0.4, 0.5) is 0 Å². The van der Waals surface area contributed by atoms with Crippen molar-refractivity contribution in [1.82, 2.24) is 10.5 Å². The van der Waals surface area contributed by atoms with Crippen LogP contribution in [-0.2, 0) is 9.63 Å². The van der Waals surface area contributed by atoms with Gasteiger partial charge in [-0.05, 0) is 32.9 Å². The quantitative estimate of drug-likeness (QED) is 0.272. The van der Waals surface area contributed by atoms with E-state index in [1.165, 1.54) is 0 Å². The molecule has 4 N–H and O–H groups in total. The average molecular weight is 219 g/mol. The number of nitrogens with zero attached hydrogens (tertiary/aromatic N) is 1. The van der Waals surface area contributed by atoms with Crippen LogP contribution in [0.1, 0.15) is 25.7 Å². The molecule has 0 aliphatic rings. The second kappa shape index (κ2) is 9.85. The van der Waals surface area contributed by atoms with Crippen LogP contribution in [0, 0.1) is 0 Å². The molecule has 6 heteroatoms. The molecule has 0 aromatic carbocycles. The lowest BCUT2D eigenvalue weighted by atomic mass is 10.2. The fourth-order valence-corrected chi connectivity index (χ4v) is 1.18. The van der Waals surface area contributed by atoms with Crippen LogP contribution in [0.25, 0.3) is 0 Å². The minimum atomic E-state index is -0.361. The van der Waals surface area contributed by atoms with Crippen molar-refractivity contribution < 1.29 is 14.7 Å². The lowest BCUT2D eigenvalue weighted by Gasteiger charge is -2.15. The van der Waals surface area contributed by atoms with E-state index in [-0.39, 0.29) is 12.6 Å². The van der Waals surface area contributed by atoms with Gasteiger partial charge in [0.15, 0.2) is 0 Å². The van der Waals surface area contributed by atoms with Crippen molar-refractivity contribution >= 4 is 5.97 Å². The number of rotatable bonds is 9. The number of aliphatic hydroxyl groups excluding tert-OH is 1. The first-order valence-electron chi connectivity index (χ1n) is 5.15. The van der Waals surface area contributed by atoms with Crippen LogP contribution < -0.4 is 11.4 Å². The minimum absolute atomic E-state index is 0.248. The third kappa shape index (κ3) is 9.61. The van der Waals surface area contributed by atoms with E-state index >= 15 is 0 Å². The number of hydrogen-bond donors (Lipinski definition) is 3. The molecule has 0 atom stereocenters. The van der Waals surface area contributed by atoms with Crippen molar-refractivity contribution in [3.63, 3.8) is 0 Å². The molecule has 0 unspecified atom stereocenters. The Morgan fingerprint density at radius 1 is 1.40 bits per heavy atom. The van der Waals surface area contributed by atoms with Crippen molar-refractivity contribution in [1.29, 1.82) is 0 Å². The first-order chi connectivity index (χ1) is 7.20. The van der Waals surface area contributed by atoms with Gasteiger partial charge in [0.05, 0.1) is 6.42 Å². The van der Waals surface area contributed by atoms with Gasteiger partial charge in [-0.15, -0.1) is 0 Å². The highest BCUT2D eigenvalue weighted by Gasteiger charge is 2.04. The molecule has 0 bridgehead atoms. The second-order valence-corrected chi connectivity index (χ2v) is 3.43. The summed E-state index contributed by atoms with van der Waals surface area (Å²) in [5, 5.41) is 8.57. The highest BCUT2D eigenvalue weighted by molar-refractivity contribution is 5.69. The van der Waals surface area contributed by atoms with Crippen LogP contribution >= 0.6 is 0 Å². The van der Waals surface area contributed by atoms with E-state index in [2.05, 4.69) is 9.74 Å². The molecular weight excluding hydrogens is 198 g/mol. The van der Waals surface area contributed by atoms with Gasteiger partial charge in [-0.3, -0.25) is 4.79 Å². The van der Waals surface area contributed by atoms with Gasteiger partial charge in [-0.2, -0.15) is 0 Å². The summed E-state index contributed by atoms with van der Waals surface area (Å²) in [5.41, 5.74) is 1.86. The van der Waals surface area contributed by atoms with E-state index in [1.807, 2.05) is 12.6 Å². The van der Waals surface area contributed by atoms with Gasteiger partial charge in [0.25, 0.3) is 0 Å². The van der Waals surface area contributed by atoms with E-state index in [0.29, 0.717) is 13.0 Å². The molecule has 0 aromatic rings. The maximum atomic E-state index is 10.9. The summed E-state index contributed by atoms with van der Waals surface area (Å²) < 4.78 is 0. The first kappa shape index (κ1) is 14.3. The molecule has 0 radical (unpaired) electrons. The Bertz CT molecular complexity index is 167. The Labute approximate surface area is 90.3 Å². The van der Waals surface area contributed by atoms with Gasteiger partial charge in [-0.25, -0.2) is 5.84 Å². The van der Waals surface area contributed by atoms with Crippen molar-refractivity contribution in [2.45, 2.75) is 25.7 Å². The van der Waals surface area contributed by atoms with Crippen molar-refractivity contribution in [3.05, 3.63) is 0 Å². The molecule has 0 heterocycles. The average Bonchev–Trinajstić information content (AvgIpc) is 2.22. The van der Waals surface area contributed by atoms with E-state index < -0.39 is 0 Å². The highest BCUT2D eigenvalue weighted by atomic mass is 16.7. The fraction of sp³-hybridized carbons (Fsp3) is 0.889. The second-order valence-electron chi connectivity index (χ2n) is 3.43. The zero-order valence-corrected chi connectivity index (χ0v) is 9.24. The first-order valence-corrected chi connectivity index (χ1v) is 5.15. The number of hydrogen-bond acceptors (Lipinski definition) is 6. The number of aliphatic hydroxyl groups is 1. The monoisotopic (exact) mass is 219 g/mol. The van der Waals surface area contributed by atoms with E-state index in [0.717, 1.165) is 25.8 Å². The van der Waals surface area contributed by atoms with Crippen molar-refractivity contribution in [3.8, 4) is 0 Å². The maximum absolute atomic E-state index is 10.9. The Kier molecular flexibility index (Phi) is 9.40. The van der Waals surface area contributed by atoms with Crippen LogP contribution in [0.2, 0.25) is 0 Å². The molecule has 0 aromatic heterocycles. The molecule has 0 spiro atoms. The molecule has 0 saturated heterocycles. The van der Waals surface area contributed by atoms with E-state index in [1.54, 1.807) is 0 Å². The molecule has 0 aliphatic heterocycles. The molecule has 6 nitrogen and oxygen atoms in total. The number of nitrogens with one attached hydrogen (secondary N) is 1. The SMILES string of the molecule is CN(CCCCCO)CCC(=O)ONN. The molecule has 0 aliphatic carbocycles. The number of carbonyl (C=O) groups excluding carboxylic acids is 1. The largest absolute Gasteiger partial charge is 0.396 e. The van der Waals surface area contributed by atoms with Crippen LogP contribution in [0.5, 0.6) is 0 Å². The zero-order chi connectivity index (χ0) is 11.5. The molecule has 15 heavy (non-hydrogen) atoms. The molecule has 0 saturated carbocycles. The molecule has 0 amide bonds. The van der Waals surface area contributed by atoms with Gasteiger partial charge >= 0.3 is 5.97 Å². The zero-order valence-electron chi connectivity index (χ0n) is 9.24. The van der Waals surface area contributed by atoms with Crippen LogP contribution in [0.3, 0.4) is 0 Å². The standard InChI is InChI=1S/C9H21N3O3/c1-12(6-3-2-4-8-13)7-5-9(14)15-11-10/h11,13H,2-8,10H2,1H3. The molecule has 90 valence electrons. The van der Waals surface area contributed by atoms with E-state index in [9.17, 15) is 4.79 Å². The van der Waals surface area contributed by atoms with Crippen molar-refractivity contribution in [2.24, 2.45) is 5.84 Å². The summed E-state index contributed by atoms with van der Waals surface area (Å²) in [6.07, 6.45) is 3.20. The minimum Gasteiger partial charge on any atom is -0.396 e. The van der Waals surface area contributed by atoms with Crippen LogP contribution in [0.15, 0.2) is 0 Å². The van der Waals surface area contributed by atoms with Crippen molar-refractivity contribution in [2.75, 3.05) is 26.7 Å². The van der Waals surface area contributed by atoms with Crippen LogP contribution in [-0.4, -0.2) is 42.7 Å². The Balaban J connectivity index is 3.32. The number of carbonyl (C=O) groups is 1. The summed E-state index contributed by atoms with van der Waals surface area (Å²) in [4.78, 5) is 17.3. The molecule has 0 rings (SSSR count). The highest BCUT2D eigenvalue weighted by Crippen LogP contribution is 1.97. The third-order valence-corrected chi connectivity index (χ3v) is 2.07. The normalized spacial score (nSPS) is 10.7. The Hall–Kier alpha value is -0.690. The molecule has 0 fully saturated rings. The smallest absolute Gasteiger partial charge is 0.327 e. The van der Waals surface area contributed by atoms with Gasteiger partial charge in [0.2, 0.25) is 0 Å². The number of nitrogens with two attached hydrogens (primary N) is 1. The predicted molar refractivity (Wildman–Crippen MR) is 56.5 cm³/mol. The van der Waals surface area contributed by atoms with Gasteiger partial charge in [0.1, 0.15) is 0 Å². The topological polar surface area (TPSA) is 87.8 Å². The fourth-order valence-electron chi connectivity index (χ4n) is 1.18. The lowest BCUT2D eigenvalue weighted by Crippen LogP contribution is -2.29. The predicted octanol–water partition coefficient (Wildman–Crippen LogP) is -0.608. The van der Waals surface area contributed by atoms with Gasteiger partial charge in [0, 0.05) is 13.2 Å². The maximum Gasteiger partial charge on any atom is 0.327 e.